The molecule has 4 nitrogen and oxygen atoms in total. The monoisotopic (exact) mass is 398 g/mol. The number of carboxylic acids is 1. The maximum atomic E-state index is 12.6. The van der Waals surface area contributed by atoms with Gasteiger partial charge in [-0.15, -0.1) is 0 Å². The van der Waals surface area contributed by atoms with Crippen molar-refractivity contribution < 1.29 is 14.7 Å². The van der Waals surface area contributed by atoms with Crippen LogP contribution in [0, 0.1) is 34.2 Å². The van der Waals surface area contributed by atoms with E-state index in [0.717, 1.165) is 34.1 Å². The summed E-state index contributed by atoms with van der Waals surface area (Å²) in [4.78, 5) is 23.9. The van der Waals surface area contributed by atoms with Gasteiger partial charge < -0.3 is 15.2 Å². The fraction of sp³-hybridized carbons (Fsp3) is 0.500. The Morgan fingerprint density at radius 2 is 1.90 bits per heavy atom. The zero-order chi connectivity index (χ0) is 15.1. The Morgan fingerprint density at radius 1 is 1.24 bits per heavy atom. The normalized spacial score (nSPS) is 30.4. The molecule has 0 saturated heterocycles. The van der Waals surface area contributed by atoms with Gasteiger partial charge in [0.05, 0.1) is 0 Å². The van der Waals surface area contributed by atoms with Crippen LogP contribution >= 0.6 is 22.6 Å². The van der Waals surface area contributed by atoms with Gasteiger partial charge in [-0.1, -0.05) is 0 Å². The number of carbonyl (C=O) groups excluding carboxylic acids is 2. The molecule has 1 aromatic rings. The summed E-state index contributed by atoms with van der Waals surface area (Å²) in [5.74, 6) is -1.97. The number of carbonyl (C=O) groups is 2. The molecule has 112 valence electrons. The molecule has 1 amide bonds. The van der Waals surface area contributed by atoms with Crippen LogP contribution in [0.3, 0.4) is 0 Å². The second kappa shape index (κ2) is 5.59. The summed E-state index contributed by atoms with van der Waals surface area (Å²) < 4.78 is 1.11. The van der Waals surface area contributed by atoms with Gasteiger partial charge in [-0.25, -0.2) is 0 Å². The van der Waals surface area contributed by atoms with E-state index in [-0.39, 0.29) is 17.7 Å². The average Bonchev–Trinajstić information content (AvgIpc) is 3.02. The van der Waals surface area contributed by atoms with Crippen molar-refractivity contribution in [1.82, 2.24) is 0 Å². The molecule has 0 unspecified atom stereocenters. The molecule has 0 aliphatic heterocycles. The van der Waals surface area contributed by atoms with Crippen molar-refractivity contribution in [3.05, 3.63) is 27.3 Å². The van der Waals surface area contributed by atoms with Crippen LogP contribution in [0.4, 0.5) is 5.69 Å². The topological polar surface area (TPSA) is 69.2 Å². The Balaban J connectivity index is 1.80. The third kappa shape index (κ3) is 2.67. The van der Waals surface area contributed by atoms with Crippen molar-refractivity contribution in [3.63, 3.8) is 0 Å². The molecule has 2 bridgehead atoms. The number of hydrogen-bond acceptors (Lipinski definition) is 3. The van der Waals surface area contributed by atoms with Crippen molar-refractivity contribution in [2.24, 2.45) is 23.7 Å². The smallest absolute Gasteiger partial charge is 0.228 e. The summed E-state index contributed by atoms with van der Waals surface area (Å²) in [5.41, 5.74) is 1.75. The van der Waals surface area contributed by atoms with Crippen molar-refractivity contribution >= 4 is 40.2 Å². The molecule has 2 saturated carbocycles. The first-order valence-electron chi connectivity index (χ1n) is 7.25. The van der Waals surface area contributed by atoms with E-state index in [0.29, 0.717) is 0 Å². The van der Waals surface area contributed by atoms with Crippen molar-refractivity contribution in [1.29, 1.82) is 0 Å². The number of aryl methyl sites for hydroxylation is 1. The standard InChI is InChI=1S/C16H18INO3/c1-8-6-11(17)4-5-12(8)18-15(19)13-9-2-3-10(7-9)14(13)16(20)21/h4-6,9-10,13-14H,2-3,7H2,1H3,(H,18,19)(H,20,21)/p-1/t9-,10+,13+,14+/m1/s1. The number of halogens is 1. The van der Waals surface area contributed by atoms with E-state index in [1.807, 2.05) is 25.1 Å². The van der Waals surface area contributed by atoms with Gasteiger partial charge in [-0.05, 0) is 84.4 Å². The Hall–Kier alpha value is -1.11. The first kappa shape index (κ1) is 14.8. The summed E-state index contributed by atoms with van der Waals surface area (Å²) in [6, 6.07) is 5.80. The molecule has 4 atom stereocenters. The van der Waals surface area contributed by atoms with E-state index in [4.69, 9.17) is 0 Å². The number of amides is 1. The highest BCUT2D eigenvalue weighted by molar-refractivity contribution is 14.1. The van der Waals surface area contributed by atoms with Crippen LogP contribution in [0.5, 0.6) is 0 Å². The molecule has 21 heavy (non-hydrogen) atoms. The third-order valence-electron chi connectivity index (χ3n) is 4.94. The van der Waals surface area contributed by atoms with E-state index in [9.17, 15) is 14.7 Å². The van der Waals surface area contributed by atoms with Gasteiger partial charge >= 0.3 is 0 Å². The highest BCUT2D eigenvalue weighted by Gasteiger charge is 2.51. The van der Waals surface area contributed by atoms with Gasteiger partial charge in [-0.3, -0.25) is 4.79 Å². The van der Waals surface area contributed by atoms with Crippen LogP contribution in [-0.4, -0.2) is 11.9 Å². The van der Waals surface area contributed by atoms with E-state index in [2.05, 4.69) is 27.9 Å². The fourth-order valence-corrected chi connectivity index (χ4v) is 4.64. The zero-order valence-electron chi connectivity index (χ0n) is 11.8. The van der Waals surface area contributed by atoms with E-state index in [1.165, 1.54) is 0 Å². The second-order valence-corrected chi connectivity index (χ2v) is 7.40. The predicted octanol–water partition coefficient (Wildman–Crippen LogP) is 1.95. The molecule has 0 heterocycles. The number of hydrogen-bond donors (Lipinski definition) is 1. The number of fused-ring (bicyclic) bond motifs is 2. The Labute approximate surface area is 137 Å². The van der Waals surface area contributed by atoms with Crippen molar-refractivity contribution in [2.75, 3.05) is 5.32 Å². The summed E-state index contributed by atoms with van der Waals surface area (Å²) in [7, 11) is 0. The first-order chi connectivity index (χ1) is 9.97. The Morgan fingerprint density at radius 3 is 2.52 bits per heavy atom. The summed E-state index contributed by atoms with van der Waals surface area (Å²) in [6.45, 7) is 1.94. The van der Waals surface area contributed by atoms with Gasteiger partial charge in [0.15, 0.2) is 0 Å². The van der Waals surface area contributed by atoms with E-state index in [1.54, 1.807) is 0 Å². The first-order valence-corrected chi connectivity index (χ1v) is 8.33. The van der Waals surface area contributed by atoms with Crippen LogP contribution in [0.25, 0.3) is 0 Å². The second-order valence-electron chi connectivity index (χ2n) is 6.15. The van der Waals surface area contributed by atoms with E-state index < -0.39 is 17.8 Å². The number of nitrogens with one attached hydrogen (secondary N) is 1. The van der Waals surface area contributed by atoms with E-state index >= 15 is 0 Å². The average molecular weight is 398 g/mol. The van der Waals surface area contributed by atoms with Gasteiger partial charge in [0.25, 0.3) is 0 Å². The number of aliphatic carboxylic acids is 1. The molecule has 2 fully saturated rings. The molecule has 2 aliphatic carbocycles. The minimum atomic E-state index is -1.07. The lowest BCUT2D eigenvalue weighted by atomic mass is 9.78. The molecule has 0 spiro atoms. The molecule has 0 aromatic heterocycles. The predicted molar refractivity (Wildman–Crippen MR) is 85.3 cm³/mol. The number of carboxylic acid groups (broad SMARTS) is 1. The minimum Gasteiger partial charge on any atom is -0.550 e. The SMILES string of the molecule is Cc1cc(I)ccc1NC(=O)[C@H]1[C@@H]2CC[C@@H](C2)[C@@H]1C(=O)[O-]. The lowest BCUT2D eigenvalue weighted by Crippen LogP contribution is -2.44. The molecule has 0 radical (unpaired) electrons. The fourth-order valence-electron chi connectivity index (χ4n) is 3.99. The lowest BCUT2D eigenvalue weighted by Gasteiger charge is -2.30. The van der Waals surface area contributed by atoms with Crippen molar-refractivity contribution in [2.45, 2.75) is 26.2 Å². The minimum absolute atomic E-state index is 0.119. The number of anilines is 1. The van der Waals surface area contributed by atoms with Crippen LogP contribution in [0.15, 0.2) is 18.2 Å². The van der Waals surface area contributed by atoms with Crippen LogP contribution < -0.4 is 10.4 Å². The van der Waals surface area contributed by atoms with Gasteiger partial charge in [0.1, 0.15) is 0 Å². The Kier molecular flexibility index (Phi) is 3.94. The zero-order valence-corrected chi connectivity index (χ0v) is 13.9. The molecule has 2 aliphatic rings. The summed E-state index contributed by atoms with van der Waals surface area (Å²) >= 11 is 2.22. The van der Waals surface area contributed by atoms with Crippen LogP contribution in [-0.2, 0) is 9.59 Å². The summed E-state index contributed by atoms with van der Waals surface area (Å²) in [6.07, 6.45) is 2.72. The molecule has 1 N–H and O–H groups in total. The van der Waals surface area contributed by atoms with Crippen LogP contribution in [0.2, 0.25) is 0 Å². The Bertz CT molecular complexity index is 601. The number of rotatable bonds is 3. The molecule has 1 aromatic carbocycles. The molecule has 5 heteroatoms. The van der Waals surface area contributed by atoms with Crippen LogP contribution in [0.1, 0.15) is 24.8 Å². The van der Waals surface area contributed by atoms with Gasteiger partial charge in [0.2, 0.25) is 5.91 Å². The molecule has 3 rings (SSSR count). The quantitative estimate of drug-likeness (QED) is 0.792. The van der Waals surface area contributed by atoms with Gasteiger partial charge in [-0.2, -0.15) is 0 Å². The van der Waals surface area contributed by atoms with Gasteiger partial charge in [0, 0.05) is 27.1 Å². The van der Waals surface area contributed by atoms with Crippen molar-refractivity contribution in [3.8, 4) is 0 Å². The lowest BCUT2D eigenvalue weighted by molar-refractivity contribution is -0.314. The number of benzene rings is 1. The molecular formula is C16H17INO3-. The maximum absolute atomic E-state index is 12.6. The maximum Gasteiger partial charge on any atom is 0.228 e. The largest absolute Gasteiger partial charge is 0.550 e. The molecular weight excluding hydrogens is 381 g/mol. The summed E-state index contributed by atoms with van der Waals surface area (Å²) in [5, 5.41) is 14.3. The highest BCUT2D eigenvalue weighted by atomic mass is 127. The third-order valence-corrected chi connectivity index (χ3v) is 5.61. The highest BCUT2D eigenvalue weighted by Crippen LogP contribution is 2.52.